The Balaban J connectivity index is 1.31. The van der Waals surface area contributed by atoms with Crippen molar-refractivity contribution in [3.63, 3.8) is 0 Å². The minimum Gasteiger partial charge on any atom is -0.451 e. The zero-order chi connectivity index (χ0) is 22.0. The van der Waals surface area contributed by atoms with E-state index in [0.717, 1.165) is 10.6 Å². The molecule has 1 atom stereocenters. The van der Waals surface area contributed by atoms with E-state index >= 15 is 0 Å². The molecule has 31 heavy (non-hydrogen) atoms. The molecule has 2 aliphatic heterocycles. The average Bonchev–Trinajstić information content (AvgIpc) is 3.04. The van der Waals surface area contributed by atoms with Crippen molar-refractivity contribution >= 4 is 34.9 Å². The first-order chi connectivity index (χ1) is 15.0. The molecule has 4 rings (SSSR count). The van der Waals surface area contributed by atoms with E-state index in [1.807, 2.05) is 30.3 Å². The van der Waals surface area contributed by atoms with Crippen LogP contribution in [-0.4, -0.2) is 67.3 Å². The predicted octanol–water partition coefficient (Wildman–Crippen LogP) is 1.50. The monoisotopic (exact) mass is 421 g/mol. The van der Waals surface area contributed by atoms with Crippen molar-refractivity contribution in [2.75, 3.05) is 42.5 Å². The first kappa shape index (κ1) is 20.6. The van der Waals surface area contributed by atoms with Crippen LogP contribution in [0.25, 0.3) is 0 Å². The van der Waals surface area contributed by atoms with E-state index in [0.29, 0.717) is 31.9 Å². The number of esters is 1. The van der Waals surface area contributed by atoms with Crippen LogP contribution >= 0.6 is 0 Å². The first-order valence-corrected chi connectivity index (χ1v) is 10.2. The van der Waals surface area contributed by atoms with E-state index in [4.69, 9.17) is 4.74 Å². The fraction of sp³-hybridized carbons (Fsp3) is 0.304. The minimum atomic E-state index is -0.973. The molecule has 0 bridgehead atoms. The molecular formula is C23H23N3O5. The van der Waals surface area contributed by atoms with Gasteiger partial charge in [-0.15, -0.1) is 0 Å². The van der Waals surface area contributed by atoms with Crippen LogP contribution < -0.4 is 9.80 Å². The standard InChI is InChI=1S/C23H23N3O5/c1-16(22(29)25-13-11-24(12-14-25)17-7-3-2-4-8-17)31-20(27)15-26-19-10-6-5-9-18(19)21(28)23(26)30/h2-10,16H,11-15H2,1H3/t16-/m1/s1. The maximum atomic E-state index is 12.7. The van der Waals surface area contributed by atoms with Gasteiger partial charge in [0.1, 0.15) is 6.54 Å². The van der Waals surface area contributed by atoms with Gasteiger partial charge in [-0.3, -0.25) is 24.1 Å². The zero-order valence-corrected chi connectivity index (χ0v) is 17.2. The number of ether oxygens (including phenoxy) is 1. The van der Waals surface area contributed by atoms with Crippen molar-refractivity contribution in [1.82, 2.24) is 4.90 Å². The zero-order valence-electron chi connectivity index (χ0n) is 17.2. The van der Waals surface area contributed by atoms with Crippen molar-refractivity contribution in [2.45, 2.75) is 13.0 Å². The first-order valence-electron chi connectivity index (χ1n) is 10.2. The Labute approximate surface area is 180 Å². The van der Waals surface area contributed by atoms with E-state index in [1.165, 1.54) is 6.92 Å². The van der Waals surface area contributed by atoms with E-state index < -0.39 is 30.3 Å². The predicted molar refractivity (Wildman–Crippen MR) is 114 cm³/mol. The topological polar surface area (TPSA) is 87.2 Å². The lowest BCUT2D eigenvalue weighted by atomic mass is 10.1. The van der Waals surface area contributed by atoms with Gasteiger partial charge in [0, 0.05) is 31.9 Å². The van der Waals surface area contributed by atoms with Crippen molar-refractivity contribution in [3.05, 3.63) is 60.2 Å². The number of ketones is 1. The summed E-state index contributed by atoms with van der Waals surface area (Å²) in [6.07, 6.45) is -0.973. The van der Waals surface area contributed by atoms with Gasteiger partial charge in [-0.25, -0.2) is 0 Å². The molecule has 2 aliphatic rings. The Hall–Kier alpha value is -3.68. The molecule has 0 spiro atoms. The summed E-state index contributed by atoms with van der Waals surface area (Å²) in [5, 5.41) is 0. The van der Waals surface area contributed by atoms with Gasteiger partial charge in [0.25, 0.3) is 17.6 Å². The molecule has 0 radical (unpaired) electrons. The minimum absolute atomic E-state index is 0.265. The fourth-order valence-corrected chi connectivity index (χ4v) is 3.90. The molecule has 0 unspecified atom stereocenters. The van der Waals surface area contributed by atoms with Crippen molar-refractivity contribution in [2.24, 2.45) is 0 Å². The molecule has 8 heteroatoms. The molecule has 2 heterocycles. The van der Waals surface area contributed by atoms with Crippen molar-refractivity contribution in [1.29, 1.82) is 0 Å². The van der Waals surface area contributed by atoms with Gasteiger partial charge in [0.2, 0.25) is 0 Å². The average molecular weight is 421 g/mol. The second kappa shape index (κ2) is 8.59. The van der Waals surface area contributed by atoms with Crippen LogP contribution in [0.15, 0.2) is 54.6 Å². The number of anilines is 2. The smallest absolute Gasteiger partial charge is 0.326 e. The molecular weight excluding hydrogens is 398 g/mol. The van der Waals surface area contributed by atoms with Crippen LogP contribution in [0.5, 0.6) is 0 Å². The summed E-state index contributed by atoms with van der Waals surface area (Å²) >= 11 is 0. The number of carbonyl (C=O) groups is 4. The number of rotatable bonds is 5. The third-order valence-electron chi connectivity index (χ3n) is 5.53. The van der Waals surface area contributed by atoms with Gasteiger partial charge in [-0.2, -0.15) is 0 Å². The highest BCUT2D eigenvalue weighted by atomic mass is 16.5. The third kappa shape index (κ3) is 4.14. The van der Waals surface area contributed by atoms with E-state index in [-0.39, 0.29) is 11.5 Å². The molecule has 2 amide bonds. The van der Waals surface area contributed by atoms with Crippen LogP contribution in [0, 0.1) is 0 Å². The van der Waals surface area contributed by atoms with Gasteiger partial charge in [-0.05, 0) is 31.2 Å². The number of hydrogen-bond acceptors (Lipinski definition) is 6. The summed E-state index contributed by atoms with van der Waals surface area (Å²) in [6.45, 7) is 3.55. The van der Waals surface area contributed by atoms with Gasteiger partial charge in [0.15, 0.2) is 6.10 Å². The summed E-state index contributed by atoms with van der Waals surface area (Å²) in [6, 6.07) is 16.5. The fourth-order valence-electron chi connectivity index (χ4n) is 3.90. The Morgan fingerprint density at radius 2 is 1.58 bits per heavy atom. The summed E-state index contributed by atoms with van der Waals surface area (Å²) < 4.78 is 5.29. The second-order valence-electron chi connectivity index (χ2n) is 7.52. The number of amides is 2. The molecule has 0 N–H and O–H groups in total. The number of carbonyl (C=O) groups excluding carboxylic acids is 4. The Bertz CT molecular complexity index is 1010. The van der Waals surface area contributed by atoms with Crippen LogP contribution in [0.1, 0.15) is 17.3 Å². The van der Waals surface area contributed by atoms with Gasteiger partial charge >= 0.3 is 5.97 Å². The molecule has 1 fully saturated rings. The maximum Gasteiger partial charge on any atom is 0.326 e. The number of hydrogen-bond donors (Lipinski definition) is 0. The Morgan fingerprint density at radius 1 is 0.935 bits per heavy atom. The number of fused-ring (bicyclic) bond motifs is 1. The summed E-state index contributed by atoms with van der Waals surface area (Å²) in [5.41, 5.74) is 1.75. The summed E-state index contributed by atoms with van der Waals surface area (Å²) in [4.78, 5) is 54.3. The quantitative estimate of drug-likeness (QED) is 0.537. The normalized spacial score (nSPS) is 16.9. The highest BCUT2D eigenvalue weighted by molar-refractivity contribution is 6.52. The van der Waals surface area contributed by atoms with Crippen LogP contribution in [0.4, 0.5) is 11.4 Å². The second-order valence-corrected chi connectivity index (χ2v) is 7.52. The van der Waals surface area contributed by atoms with Gasteiger partial charge in [0.05, 0.1) is 11.3 Å². The molecule has 0 aromatic heterocycles. The van der Waals surface area contributed by atoms with E-state index in [2.05, 4.69) is 4.90 Å². The lowest BCUT2D eigenvalue weighted by molar-refractivity contribution is -0.158. The molecule has 8 nitrogen and oxygen atoms in total. The number of Topliss-reactive ketones (excluding diaryl/α,β-unsaturated/α-hetero) is 1. The Morgan fingerprint density at radius 3 is 2.29 bits per heavy atom. The van der Waals surface area contributed by atoms with Gasteiger partial charge in [-0.1, -0.05) is 30.3 Å². The number of para-hydroxylation sites is 2. The van der Waals surface area contributed by atoms with E-state index in [9.17, 15) is 19.2 Å². The highest BCUT2D eigenvalue weighted by Gasteiger charge is 2.37. The Kier molecular flexibility index (Phi) is 5.70. The molecule has 2 aromatic carbocycles. The lowest BCUT2D eigenvalue weighted by Crippen LogP contribution is -2.52. The number of benzene rings is 2. The maximum absolute atomic E-state index is 12.7. The largest absolute Gasteiger partial charge is 0.451 e. The van der Waals surface area contributed by atoms with Crippen LogP contribution in [0.3, 0.4) is 0 Å². The molecule has 0 aliphatic carbocycles. The van der Waals surface area contributed by atoms with Crippen molar-refractivity contribution < 1.29 is 23.9 Å². The lowest BCUT2D eigenvalue weighted by Gasteiger charge is -2.37. The highest BCUT2D eigenvalue weighted by Crippen LogP contribution is 2.28. The SMILES string of the molecule is C[C@@H](OC(=O)CN1C(=O)C(=O)c2ccccc21)C(=O)N1CCN(c2ccccc2)CC1. The molecule has 1 saturated heterocycles. The molecule has 0 saturated carbocycles. The number of piperazine rings is 1. The van der Waals surface area contributed by atoms with Crippen LogP contribution in [0.2, 0.25) is 0 Å². The van der Waals surface area contributed by atoms with Crippen molar-refractivity contribution in [3.8, 4) is 0 Å². The molecule has 160 valence electrons. The summed E-state index contributed by atoms with van der Waals surface area (Å²) in [5.74, 6) is -2.43. The van der Waals surface area contributed by atoms with Gasteiger partial charge < -0.3 is 14.5 Å². The van der Waals surface area contributed by atoms with E-state index in [1.54, 1.807) is 29.2 Å². The molecule has 2 aromatic rings. The summed E-state index contributed by atoms with van der Waals surface area (Å²) in [7, 11) is 0. The third-order valence-corrected chi connectivity index (χ3v) is 5.53. The number of nitrogens with zero attached hydrogens (tertiary/aromatic N) is 3. The van der Waals surface area contributed by atoms with Crippen LogP contribution in [-0.2, 0) is 19.1 Å².